The molecule has 3 rings (SSSR count). The van der Waals surface area contributed by atoms with Crippen molar-refractivity contribution >= 4 is 11.4 Å². The van der Waals surface area contributed by atoms with Crippen molar-refractivity contribution in [3.63, 3.8) is 0 Å². The predicted molar refractivity (Wildman–Crippen MR) is 73.9 cm³/mol. The molecule has 0 saturated carbocycles. The average molecular weight is 240 g/mol. The molecular formula is C15H16N2O. The summed E-state index contributed by atoms with van der Waals surface area (Å²) < 4.78 is 6.05. The Balaban J connectivity index is 1.97. The van der Waals surface area contributed by atoms with Crippen LogP contribution in [0.1, 0.15) is 11.7 Å². The van der Waals surface area contributed by atoms with E-state index >= 15 is 0 Å². The molecule has 92 valence electrons. The van der Waals surface area contributed by atoms with Gasteiger partial charge in [0.15, 0.2) is 0 Å². The summed E-state index contributed by atoms with van der Waals surface area (Å²) in [4.78, 5) is 2.16. The van der Waals surface area contributed by atoms with Crippen molar-refractivity contribution in [3.8, 4) is 5.75 Å². The third-order valence-electron chi connectivity index (χ3n) is 3.29. The molecule has 0 saturated heterocycles. The highest BCUT2D eigenvalue weighted by Gasteiger charge is 2.25. The lowest BCUT2D eigenvalue weighted by Crippen LogP contribution is -2.32. The van der Waals surface area contributed by atoms with Crippen LogP contribution < -0.4 is 15.4 Å². The van der Waals surface area contributed by atoms with Crippen LogP contribution in [0.5, 0.6) is 5.75 Å². The van der Waals surface area contributed by atoms with Gasteiger partial charge < -0.3 is 15.4 Å². The maximum absolute atomic E-state index is 6.05. The quantitative estimate of drug-likeness (QED) is 0.779. The summed E-state index contributed by atoms with van der Waals surface area (Å²) in [5.74, 6) is 0.859. The van der Waals surface area contributed by atoms with Crippen LogP contribution in [-0.2, 0) is 0 Å². The largest absolute Gasteiger partial charge is 0.482 e. The Bertz CT molecular complexity index is 554. The standard InChI is InChI=1S/C15H16N2O/c1-17-10-14(11-6-3-2-4-7-11)18-13-9-5-8-12(16)15(13)17/h2-9,14H,10,16H2,1H3. The zero-order chi connectivity index (χ0) is 12.5. The van der Waals surface area contributed by atoms with E-state index in [-0.39, 0.29) is 6.10 Å². The SMILES string of the molecule is CN1CC(c2ccccc2)Oc2cccc(N)c21. The minimum Gasteiger partial charge on any atom is -0.482 e. The van der Waals surface area contributed by atoms with Gasteiger partial charge in [0.1, 0.15) is 17.5 Å². The molecule has 0 spiro atoms. The van der Waals surface area contributed by atoms with E-state index in [4.69, 9.17) is 10.5 Å². The van der Waals surface area contributed by atoms with Gasteiger partial charge in [-0.05, 0) is 17.7 Å². The Morgan fingerprint density at radius 2 is 1.89 bits per heavy atom. The van der Waals surface area contributed by atoms with Crippen molar-refractivity contribution in [1.82, 2.24) is 0 Å². The smallest absolute Gasteiger partial charge is 0.145 e. The van der Waals surface area contributed by atoms with Crippen LogP contribution in [0, 0.1) is 0 Å². The zero-order valence-corrected chi connectivity index (χ0v) is 10.3. The molecule has 1 aliphatic rings. The Kier molecular flexibility index (Phi) is 2.59. The van der Waals surface area contributed by atoms with Gasteiger partial charge in [-0.2, -0.15) is 0 Å². The predicted octanol–water partition coefficient (Wildman–Crippen LogP) is 2.84. The highest BCUT2D eigenvalue weighted by atomic mass is 16.5. The topological polar surface area (TPSA) is 38.5 Å². The number of benzene rings is 2. The third-order valence-corrected chi connectivity index (χ3v) is 3.29. The number of nitrogens with zero attached hydrogens (tertiary/aromatic N) is 1. The number of likely N-dealkylation sites (N-methyl/N-ethyl adjacent to an activating group) is 1. The Hall–Kier alpha value is -2.16. The van der Waals surface area contributed by atoms with Gasteiger partial charge in [0, 0.05) is 7.05 Å². The number of rotatable bonds is 1. The van der Waals surface area contributed by atoms with Gasteiger partial charge in [0.2, 0.25) is 0 Å². The first-order chi connectivity index (χ1) is 8.75. The number of anilines is 2. The lowest BCUT2D eigenvalue weighted by molar-refractivity contribution is 0.200. The molecule has 2 N–H and O–H groups in total. The highest BCUT2D eigenvalue weighted by molar-refractivity contribution is 5.75. The van der Waals surface area contributed by atoms with Gasteiger partial charge in [-0.25, -0.2) is 0 Å². The van der Waals surface area contributed by atoms with E-state index in [9.17, 15) is 0 Å². The van der Waals surface area contributed by atoms with Gasteiger partial charge >= 0.3 is 0 Å². The molecule has 0 aliphatic carbocycles. The van der Waals surface area contributed by atoms with Crippen LogP contribution in [0.3, 0.4) is 0 Å². The van der Waals surface area contributed by atoms with Crippen molar-refractivity contribution < 1.29 is 4.74 Å². The third kappa shape index (κ3) is 1.78. The molecule has 1 heterocycles. The molecule has 18 heavy (non-hydrogen) atoms. The van der Waals surface area contributed by atoms with Crippen LogP contribution in [0.15, 0.2) is 48.5 Å². The average Bonchev–Trinajstić information content (AvgIpc) is 2.39. The summed E-state index contributed by atoms with van der Waals surface area (Å²) in [5, 5.41) is 0. The van der Waals surface area contributed by atoms with E-state index in [0.717, 1.165) is 23.7 Å². The Labute approximate surface area is 107 Å². The summed E-state index contributed by atoms with van der Waals surface area (Å²) >= 11 is 0. The van der Waals surface area contributed by atoms with E-state index in [2.05, 4.69) is 17.0 Å². The van der Waals surface area contributed by atoms with E-state index in [1.165, 1.54) is 5.56 Å². The van der Waals surface area contributed by atoms with Crippen LogP contribution in [0.25, 0.3) is 0 Å². The molecule has 3 nitrogen and oxygen atoms in total. The lowest BCUT2D eigenvalue weighted by Gasteiger charge is -2.34. The van der Waals surface area contributed by atoms with Crippen molar-refractivity contribution in [3.05, 3.63) is 54.1 Å². The fraction of sp³-hybridized carbons (Fsp3) is 0.200. The number of para-hydroxylation sites is 1. The molecule has 0 amide bonds. The van der Waals surface area contributed by atoms with E-state index in [1.807, 2.05) is 43.4 Å². The molecule has 0 fully saturated rings. The molecule has 3 heteroatoms. The Morgan fingerprint density at radius 3 is 2.67 bits per heavy atom. The van der Waals surface area contributed by atoms with Crippen LogP contribution in [-0.4, -0.2) is 13.6 Å². The number of hydrogen-bond acceptors (Lipinski definition) is 3. The first kappa shape index (κ1) is 11.0. The van der Waals surface area contributed by atoms with Gasteiger partial charge in [0.05, 0.1) is 12.2 Å². The number of nitrogen functional groups attached to an aromatic ring is 1. The second-order valence-corrected chi connectivity index (χ2v) is 4.59. The molecule has 2 aromatic carbocycles. The first-order valence-corrected chi connectivity index (χ1v) is 6.07. The van der Waals surface area contributed by atoms with Crippen LogP contribution in [0.4, 0.5) is 11.4 Å². The second-order valence-electron chi connectivity index (χ2n) is 4.59. The highest BCUT2D eigenvalue weighted by Crippen LogP contribution is 2.40. The fourth-order valence-corrected chi connectivity index (χ4v) is 2.41. The summed E-state index contributed by atoms with van der Waals surface area (Å²) in [5.41, 5.74) is 8.94. The van der Waals surface area contributed by atoms with Crippen LogP contribution >= 0.6 is 0 Å². The molecular weight excluding hydrogens is 224 g/mol. The minimum absolute atomic E-state index is 0.0606. The second kappa shape index (κ2) is 4.26. The summed E-state index contributed by atoms with van der Waals surface area (Å²) in [7, 11) is 2.05. The minimum atomic E-state index is 0.0606. The molecule has 0 bridgehead atoms. The van der Waals surface area contributed by atoms with Gasteiger partial charge in [-0.15, -0.1) is 0 Å². The van der Waals surface area contributed by atoms with Crippen molar-refractivity contribution in [2.24, 2.45) is 0 Å². The number of hydrogen-bond donors (Lipinski definition) is 1. The van der Waals surface area contributed by atoms with E-state index in [1.54, 1.807) is 0 Å². The van der Waals surface area contributed by atoms with Gasteiger partial charge in [-0.3, -0.25) is 0 Å². The summed E-state index contributed by atoms with van der Waals surface area (Å²) in [6.07, 6.45) is 0.0606. The van der Waals surface area contributed by atoms with Crippen molar-refractivity contribution in [1.29, 1.82) is 0 Å². The van der Waals surface area contributed by atoms with Crippen molar-refractivity contribution in [2.45, 2.75) is 6.10 Å². The molecule has 2 aromatic rings. The van der Waals surface area contributed by atoms with Gasteiger partial charge in [-0.1, -0.05) is 36.4 Å². The molecule has 1 atom stereocenters. The van der Waals surface area contributed by atoms with Gasteiger partial charge in [0.25, 0.3) is 0 Å². The number of ether oxygens (including phenoxy) is 1. The van der Waals surface area contributed by atoms with E-state index in [0.29, 0.717) is 0 Å². The molecule has 1 unspecified atom stereocenters. The summed E-state index contributed by atoms with van der Waals surface area (Å²) in [6, 6.07) is 16.1. The first-order valence-electron chi connectivity index (χ1n) is 6.07. The molecule has 0 aromatic heterocycles. The molecule has 1 aliphatic heterocycles. The Morgan fingerprint density at radius 1 is 1.11 bits per heavy atom. The fourth-order valence-electron chi connectivity index (χ4n) is 2.41. The van der Waals surface area contributed by atoms with Crippen LogP contribution in [0.2, 0.25) is 0 Å². The normalized spacial score (nSPS) is 18.1. The summed E-state index contributed by atoms with van der Waals surface area (Å²) in [6.45, 7) is 0.811. The van der Waals surface area contributed by atoms with Crippen molar-refractivity contribution in [2.75, 3.05) is 24.2 Å². The maximum atomic E-state index is 6.05. The molecule has 0 radical (unpaired) electrons. The monoisotopic (exact) mass is 240 g/mol. The lowest BCUT2D eigenvalue weighted by atomic mass is 10.1. The number of nitrogens with two attached hydrogens (primary N) is 1. The van der Waals surface area contributed by atoms with E-state index < -0.39 is 0 Å². The zero-order valence-electron chi connectivity index (χ0n) is 10.3. The maximum Gasteiger partial charge on any atom is 0.145 e. The number of fused-ring (bicyclic) bond motifs is 1.